The summed E-state index contributed by atoms with van der Waals surface area (Å²) >= 11 is 0.687. The van der Waals surface area contributed by atoms with Crippen molar-refractivity contribution < 1.29 is 7.65 Å². The molecule has 0 fully saturated rings. The molecule has 0 bridgehead atoms. The summed E-state index contributed by atoms with van der Waals surface area (Å²) in [5, 5.41) is 0. The SMILES string of the molecule is CC(C)(C)C(=O)/C=C(\[O][In])C(C)(C)C. The first-order valence-electron chi connectivity index (χ1n) is 4.72. The third-order valence-electron chi connectivity index (χ3n) is 1.87. The molecule has 0 spiro atoms. The van der Waals surface area contributed by atoms with Crippen molar-refractivity contribution in [3.8, 4) is 0 Å². The molecule has 0 aromatic carbocycles. The zero-order valence-corrected chi connectivity index (χ0v) is 13.3. The summed E-state index contributed by atoms with van der Waals surface area (Å²) in [6, 6.07) is 0. The van der Waals surface area contributed by atoms with Gasteiger partial charge in [0.1, 0.15) is 0 Å². The van der Waals surface area contributed by atoms with Crippen molar-refractivity contribution in [1.29, 1.82) is 0 Å². The summed E-state index contributed by atoms with van der Waals surface area (Å²) in [6.07, 6.45) is 1.64. The summed E-state index contributed by atoms with van der Waals surface area (Å²) < 4.78 is 5.35. The van der Waals surface area contributed by atoms with E-state index in [1.165, 1.54) is 0 Å². The molecule has 0 unspecified atom stereocenters. The monoisotopic (exact) mass is 298 g/mol. The van der Waals surface area contributed by atoms with Crippen molar-refractivity contribution >= 4 is 30.6 Å². The minimum absolute atomic E-state index is 0.0829. The number of carbonyl (C=O) groups is 1. The molecule has 0 aromatic rings. The molecular formula is C11H19InO2. The average molecular weight is 298 g/mol. The molecule has 0 amide bonds. The van der Waals surface area contributed by atoms with Gasteiger partial charge in [-0.05, 0) is 0 Å². The molecule has 0 aliphatic rings. The van der Waals surface area contributed by atoms with Crippen molar-refractivity contribution in [1.82, 2.24) is 0 Å². The molecular weight excluding hydrogens is 279 g/mol. The maximum absolute atomic E-state index is 11.7. The molecule has 0 aromatic heterocycles. The van der Waals surface area contributed by atoms with Crippen LogP contribution >= 0.6 is 0 Å². The van der Waals surface area contributed by atoms with Crippen LogP contribution < -0.4 is 0 Å². The molecule has 0 rings (SSSR count). The minimum atomic E-state index is -0.324. The fourth-order valence-corrected chi connectivity index (χ4v) is 1.97. The first-order chi connectivity index (χ1) is 6.09. The van der Waals surface area contributed by atoms with Crippen LogP contribution in [0, 0.1) is 10.8 Å². The van der Waals surface area contributed by atoms with E-state index in [0.29, 0.717) is 24.8 Å². The Bertz CT molecular complexity index is 241. The van der Waals surface area contributed by atoms with Crippen LogP contribution in [0.4, 0.5) is 0 Å². The Kier molecular flexibility index (Phi) is 4.76. The second-order valence-electron chi connectivity index (χ2n) is 5.49. The second kappa shape index (κ2) is 4.73. The molecule has 0 N–H and O–H groups in total. The summed E-state index contributed by atoms with van der Waals surface area (Å²) in [6.45, 7) is 11.9. The predicted molar refractivity (Wildman–Crippen MR) is 58.8 cm³/mol. The van der Waals surface area contributed by atoms with Crippen molar-refractivity contribution in [3.05, 3.63) is 11.8 Å². The summed E-state index contributed by atoms with van der Waals surface area (Å²) in [4.78, 5) is 11.7. The number of hydrogen-bond donors (Lipinski definition) is 0. The van der Waals surface area contributed by atoms with Gasteiger partial charge in [-0.15, -0.1) is 0 Å². The van der Waals surface area contributed by atoms with Gasteiger partial charge < -0.3 is 0 Å². The van der Waals surface area contributed by atoms with Crippen LogP contribution in [-0.2, 0) is 7.65 Å². The van der Waals surface area contributed by atoms with Crippen LogP contribution in [0.25, 0.3) is 0 Å². The van der Waals surface area contributed by atoms with E-state index in [2.05, 4.69) is 0 Å². The molecule has 0 aliphatic heterocycles. The Balaban J connectivity index is 4.89. The van der Waals surface area contributed by atoms with E-state index in [4.69, 9.17) is 2.85 Å². The Morgan fingerprint density at radius 2 is 1.50 bits per heavy atom. The Morgan fingerprint density at radius 1 is 1.07 bits per heavy atom. The van der Waals surface area contributed by atoms with Crippen molar-refractivity contribution in [3.63, 3.8) is 0 Å². The Morgan fingerprint density at radius 3 is 1.71 bits per heavy atom. The molecule has 78 valence electrons. The molecule has 0 saturated carbocycles. The van der Waals surface area contributed by atoms with Crippen LogP contribution in [0.2, 0.25) is 0 Å². The van der Waals surface area contributed by atoms with E-state index in [1.807, 2.05) is 41.5 Å². The van der Waals surface area contributed by atoms with Crippen LogP contribution in [0.3, 0.4) is 0 Å². The molecule has 14 heavy (non-hydrogen) atoms. The van der Waals surface area contributed by atoms with E-state index >= 15 is 0 Å². The van der Waals surface area contributed by atoms with Crippen LogP contribution in [0.1, 0.15) is 41.5 Å². The predicted octanol–water partition coefficient (Wildman–Crippen LogP) is 2.63. The fourth-order valence-electron chi connectivity index (χ4n) is 0.763. The summed E-state index contributed by atoms with van der Waals surface area (Å²) in [5.74, 6) is 0.913. The van der Waals surface area contributed by atoms with E-state index in [-0.39, 0.29) is 16.6 Å². The van der Waals surface area contributed by atoms with Gasteiger partial charge in [-0.1, -0.05) is 0 Å². The van der Waals surface area contributed by atoms with Gasteiger partial charge in [0.25, 0.3) is 0 Å². The van der Waals surface area contributed by atoms with Gasteiger partial charge in [-0.3, -0.25) is 0 Å². The van der Waals surface area contributed by atoms with E-state index < -0.39 is 0 Å². The summed E-state index contributed by atoms with van der Waals surface area (Å²) in [7, 11) is 0. The third kappa shape index (κ3) is 4.54. The molecule has 0 aliphatic carbocycles. The van der Waals surface area contributed by atoms with E-state index in [9.17, 15) is 4.79 Å². The normalized spacial score (nSPS) is 14.0. The number of carbonyl (C=O) groups excluding carboxylic acids is 1. The molecule has 3 heteroatoms. The quantitative estimate of drug-likeness (QED) is 0.578. The van der Waals surface area contributed by atoms with Crippen LogP contribution in [0.5, 0.6) is 0 Å². The van der Waals surface area contributed by atoms with E-state index in [1.54, 1.807) is 6.08 Å². The number of allylic oxidation sites excluding steroid dienone is 2. The van der Waals surface area contributed by atoms with Gasteiger partial charge in [0.05, 0.1) is 0 Å². The van der Waals surface area contributed by atoms with Crippen molar-refractivity contribution in [2.24, 2.45) is 10.8 Å². The standard InChI is InChI=1S/C11H20O2.In/c1-10(2,3)8(12)7-9(13)11(4,5)6;/h7,12H,1-6H3;/q;+1/p-1/b8-7-;. The maximum atomic E-state index is 11.7. The average Bonchev–Trinajstić information content (AvgIpc) is 1.95. The third-order valence-corrected chi connectivity index (χ3v) is 2.59. The molecule has 0 atom stereocenters. The van der Waals surface area contributed by atoms with Gasteiger partial charge in [0.15, 0.2) is 0 Å². The second-order valence-corrected chi connectivity index (χ2v) is 6.16. The van der Waals surface area contributed by atoms with Gasteiger partial charge in [0, 0.05) is 0 Å². The Labute approximate surface area is 102 Å². The number of ketones is 1. The Hall–Kier alpha value is 0.0801. The number of hydrogen-bond acceptors (Lipinski definition) is 2. The first kappa shape index (κ1) is 14.1. The summed E-state index contributed by atoms with van der Waals surface area (Å²) in [5.41, 5.74) is -0.407. The molecule has 2 radical (unpaired) electrons. The van der Waals surface area contributed by atoms with Gasteiger partial charge in [-0.25, -0.2) is 0 Å². The zero-order chi connectivity index (χ0) is 11.6. The molecule has 2 nitrogen and oxygen atoms in total. The fraction of sp³-hybridized carbons (Fsp3) is 0.727. The van der Waals surface area contributed by atoms with Crippen molar-refractivity contribution in [2.45, 2.75) is 41.5 Å². The van der Waals surface area contributed by atoms with Crippen LogP contribution in [0.15, 0.2) is 11.8 Å². The topological polar surface area (TPSA) is 26.3 Å². The van der Waals surface area contributed by atoms with Gasteiger partial charge in [0.2, 0.25) is 0 Å². The molecule has 0 heterocycles. The van der Waals surface area contributed by atoms with Crippen molar-refractivity contribution in [2.75, 3.05) is 0 Å². The first-order valence-corrected chi connectivity index (χ1v) is 6.07. The van der Waals surface area contributed by atoms with Gasteiger partial charge in [-0.2, -0.15) is 0 Å². The van der Waals surface area contributed by atoms with E-state index in [0.717, 1.165) is 5.76 Å². The molecule has 0 saturated heterocycles. The zero-order valence-electron chi connectivity index (χ0n) is 9.97. The van der Waals surface area contributed by atoms with Gasteiger partial charge >= 0.3 is 102 Å². The number of rotatable bonds is 2. The van der Waals surface area contributed by atoms with Crippen LogP contribution in [-0.4, -0.2) is 30.6 Å².